The van der Waals surface area contributed by atoms with E-state index < -0.39 is 0 Å². The summed E-state index contributed by atoms with van der Waals surface area (Å²) in [5, 5.41) is 8.03. The van der Waals surface area contributed by atoms with Gasteiger partial charge in [-0.05, 0) is 30.2 Å². The standard InChI is InChI=1S/C17H23N3O/c1-3-8-20-12-15(11-19-20)17(18-4-2)14-5-6-16-13(10-14)7-9-21-16/h5-6,10-12,17-18H,3-4,7-9H2,1-2H3. The highest BCUT2D eigenvalue weighted by Crippen LogP contribution is 2.30. The second kappa shape index (κ2) is 6.31. The number of hydrogen-bond donors (Lipinski definition) is 1. The average molecular weight is 285 g/mol. The topological polar surface area (TPSA) is 39.1 Å². The van der Waals surface area contributed by atoms with Crippen molar-refractivity contribution in [3.63, 3.8) is 0 Å². The van der Waals surface area contributed by atoms with E-state index in [9.17, 15) is 0 Å². The van der Waals surface area contributed by atoms with E-state index in [1.54, 1.807) is 0 Å². The van der Waals surface area contributed by atoms with Crippen molar-refractivity contribution < 1.29 is 4.74 Å². The minimum atomic E-state index is 0.200. The van der Waals surface area contributed by atoms with Crippen LogP contribution in [0.2, 0.25) is 0 Å². The Hall–Kier alpha value is -1.81. The molecular weight excluding hydrogens is 262 g/mol. The first-order valence-corrected chi connectivity index (χ1v) is 7.83. The van der Waals surface area contributed by atoms with Crippen LogP contribution in [0.1, 0.15) is 43.0 Å². The van der Waals surface area contributed by atoms with Crippen LogP contribution in [-0.4, -0.2) is 22.9 Å². The number of aryl methyl sites for hydroxylation is 1. The van der Waals surface area contributed by atoms with Crippen molar-refractivity contribution in [2.75, 3.05) is 13.2 Å². The molecular formula is C17H23N3O. The molecule has 1 unspecified atom stereocenters. The van der Waals surface area contributed by atoms with Gasteiger partial charge in [-0.15, -0.1) is 0 Å². The van der Waals surface area contributed by atoms with Gasteiger partial charge in [0.2, 0.25) is 0 Å². The number of nitrogens with zero attached hydrogens (tertiary/aromatic N) is 2. The Balaban J connectivity index is 1.89. The molecule has 0 saturated carbocycles. The predicted molar refractivity (Wildman–Crippen MR) is 83.7 cm³/mol. The van der Waals surface area contributed by atoms with E-state index in [4.69, 9.17) is 4.74 Å². The van der Waals surface area contributed by atoms with Crippen LogP contribution >= 0.6 is 0 Å². The number of rotatable bonds is 6. The minimum Gasteiger partial charge on any atom is -0.493 e. The van der Waals surface area contributed by atoms with E-state index in [0.717, 1.165) is 38.3 Å². The van der Waals surface area contributed by atoms with Crippen LogP contribution in [0.15, 0.2) is 30.6 Å². The molecule has 4 nitrogen and oxygen atoms in total. The molecule has 0 aliphatic carbocycles. The smallest absolute Gasteiger partial charge is 0.122 e. The molecule has 1 aromatic heterocycles. The van der Waals surface area contributed by atoms with Crippen LogP contribution in [0.3, 0.4) is 0 Å². The molecule has 0 saturated heterocycles. The summed E-state index contributed by atoms with van der Waals surface area (Å²) in [4.78, 5) is 0. The molecule has 112 valence electrons. The van der Waals surface area contributed by atoms with Crippen molar-refractivity contribution in [2.24, 2.45) is 0 Å². The van der Waals surface area contributed by atoms with Crippen LogP contribution in [-0.2, 0) is 13.0 Å². The van der Waals surface area contributed by atoms with E-state index in [1.165, 1.54) is 16.7 Å². The van der Waals surface area contributed by atoms with Gasteiger partial charge in [-0.25, -0.2) is 0 Å². The normalized spacial score (nSPS) is 14.8. The number of aromatic nitrogens is 2. The number of ether oxygens (including phenoxy) is 1. The first kappa shape index (κ1) is 14.1. The Morgan fingerprint density at radius 1 is 1.33 bits per heavy atom. The maximum atomic E-state index is 5.60. The fraction of sp³-hybridized carbons (Fsp3) is 0.471. The summed E-state index contributed by atoms with van der Waals surface area (Å²) in [6, 6.07) is 6.73. The first-order valence-electron chi connectivity index (χ1n) is 7.83. The zero-order valence-electron chi connectivity index (χ0n) is 12.8. The molecule has 2 aromatic rings. The van der Waals surface area contributed by atoms with Gasteiger partial charge in [0.1, 0.15) is 5.75 Å². The lowest BCUT2D eigenvalue weighted by atomic mass is 9.98. The number of hydrogen-bond acceptors (Lipinski definition) is 3. The summed E-state index contributed by atoms with van der Waals surface area (Å²) in [6.07, 6.45) is 6.24. The first-order chi connectivity index (χ1) is 10.3. The van der Waals surface area contributed by atoms with Crippen LogP contribution in [0.4, 0.5) is 0 Å². The Labute approximate surface area is 126 Å². The number of nitrogens with one attached hydrogen (secondary N) is 1. The fourth-order valence-electron chi connectivity index (χ4n) is 2.90. The van der Waals surface area contributed by atoms with E-state index >= 15 is 0 Å². The third-order valence-electron chi connectivity index (χ3n) is 3.89. The van der Waals surface area contributed by atoms with E-state index in [2.05, 4.69) is 48.7 Å². The molecule has 0 fully saturated rings. The van der Waals surface area contributed by atoms with Gasteiger partial charge in [0.25, 0.3) is 0 Å². The molecule has 1 atom stereocenters. The van der Waals surface area contributed by atoms with Crippen LogP contribution in [0, 0.1) is 0 Å². The maximum Gasteiger partial charge on any atom is 0.122 e. The monoisotopic (exact) mass is 285 g/mol. The van der Waals surface area contributed by atoms with E-state index in [1.807, 2.05) is 10.9 Å². The Morgan fingerprint density at radius 2 is 2.24 bits per heavy atom. The fourth-order valence-corrected chi connectivity index (χ4v) is 2.90. The molecule has 1 aliphatic rings. The molecule has 0 spiro atoms. The summed E-state index contributed by atoms with van der Waals surface area (Å²) in [5.74, 6) is 1.04. The third-order valence-corrected chi connectivity index (χ3v) is 3.89. The Bertz CT molecular complexity index is 606. The third kappa shape index (κ3) is 2.95. The quantitative estimate of drug-likeness (QED) is 0.887. The van der Waals surface area contributed by atoms with Gasteiger partial charge in [-0.2, -0.15) is 5.10 Å². The summed E-state index contributed by atoms with van der Waals surface area (Å²) >= 11 is 0. The molecule has 21 heavy (non-hydrogen) atoms. The number of fused-ring (bicyclic) bond motifs is 1. The second-order valence-corrected chi connectivity index (χ2v) is 5.49. The van der Waals surface area contributed by atoms with Crippen molar-refractivity contribution in [3.05, 3.63) is 47.3 Å². The summed E-state index contributed by atoms with van der Waals surface area (Å²) < 4.78 is 7.62. The average Bonchev–Trinajstić information content (AvgIpc) is 3.13. The van der Waals surface area contributed by atoms with Crippen molar-refractivity contribution in [1.29, 1.82) is 0 Å². The van der Waals surface area contributed by atoms with Gasteiger partial charge in [0, 0.05) is 24.7 Å². The summed E-state index contributed by atoms with van der Waals surface area (Å²) in [7, 11) is 0. The lowest BCUT2D eigenvalue weighted by Crippen LogP contribution is -2.21. The summed E-state index contributed by atoms with van der Waals surface area (Å²) in [6.45, 7) is 7.01. The highest BCUT2D eigenvalue weighted by atomic mass is 16.5. The van der Waals surface area contributed by atoms with Crippen molar-refractivity contribution in [3.8, 4) is 5.75 Å². The largest absolute Gasteiger partial charge is 0.493 e. The lowest BCUT2D eigenvalue weighted by Gasteiger charge is -2.17. The second-order valence-electron chi connectivity index (χ2n) is 5.49. The highest BCUT2D eigenvalue weighted by Gasteiger charge is 2.19. The molecule has 3 rings (SSSR count). The molecule has 2 heterocycles. The predicted octanol–water partition coefficient (Wildman–Crippen LogP) is 2.93. The van der Waals surface area contributed by atoms with Gasteiger partial charge >= 0.3 is 0 Å². The van der Waals surface area contributed by atoms with Crippen molar-refractivity contribution in [2.45, 2.75) is 39.3 Å². The molecule has 4 heteroatoms. The molecule has 1 aromatic carbocycles. The number of benzene rings is 1. The zero-order valence-corrected chi connectivity index (χ0v) is 12.8. The van der Waals surface area contributed by atoms with Gasteiger partial charge < -0.3 is 10.1 Å². The van der Waals surface area contributed by atoms with Crippen LogP contribution < -0.4 is 10.1 Å². The van der Waals surface area contributed by atoms with Crippen LogP contribution in [0.5, 0.6) is 5.75 Å². The summed E-state index contributed by atoms with van der Waals surface area (Å²) in [5.41, 5.74) is 3.83. The minimum absolute atomic E-state index is 0.200. The van der Waals surface area contributed by atoms with Gasteiger partial charge in [0.05, 0.1) is 18.8 Å². The van der Waals surface area contributed by atoms with Crippen molar-refractivity contribution >= 4 is 0 Å². The van der Waals surface area contributed by atoms with Crippen molar-refractivity contribution in [1.82, 2.24) is 15.1 Å². The maximum absolute atomic E-state index is 5.60. The highest BCUT2D eigenvalue weighted by molar-refractivity contribution is 5.42. The molecule has 0 radical (unpaired) electrons. The van der Waals surface area contributed by atoms with E-state index in [0.29, 0.717) is 0 Å². The molecule has 1 N–H and O–H groups in total. The molecule has 0 bridgehead atoms. The SMILES string of the molecule is CCCn1cc(C(NCC)c2ccc3c(c2)CCO3)cn1. The molecule has 1 aliphatic heterocycles. The van der Waals surface area contributed by atoms with Gasteiger partial charge in [-0.3, -0.25) is 4.68 Å². The van der Waals surface area contributed by atoms with Gasteiger partial charge in [0.15, 0.2) is 0 Å². The van der Waals surface area contributed by atoms with E-state index in [-0.39, 0.29) is 6.04 Å². The van der Waals surface area contributed by atoms with Crippen LogP contribution in [0.25, 0.3) is 0 Å². The zero-order chi connectivity index (χ0) is 14.7. The lowest BCUT2D eigenvalue weighted by molar-refractivity contribution is 0.357. The van der Waals surface area contributed by atoms with Gasteiger partial charge in [-0.1, -0.05) is 26.0 Å². The molecule has 0 amide bonds. The Kier molecular flexibility index (Phi) is 4.25. The Morgan fingerprint density at radius 3 is 3.05 bits per heavy atom.